The van der Waals surface area contributed by atoms with Gasteiger partial charge in [-0.25, -0.2) is 4.39 Å². The fraction of sp³-hybridized carbons (Fsp3) is 0.185. The monoisotopic (exact) mass is 458 g/mol. The Morgan fingerprint density at radius 2 is 1.79 bits per heavy atom. The van der Waals surface area contributed by atoms with Gasteiger partial charge in [0.05, 0.1) is 0 Å². The first kappa shape index (κ1) is 21.3. The van der Waals surface area contributed by atoms with E-state index in [1.54, 1.807) is 41.7 Å². The number of nitrogens with one attached hydrogen (secondary N) is 2. The molecule has 1 aliphatic heterocycles. The first-order valence-corrected chi connectivity index (χ1v) is 11.8. The summed E-state index contributed by atoms with van der Waals surface area (Å²) in [5.74, 6) is -1.50. The maximum atomic E-state index is 15.0. The number of thiophene rings is 1. The van der Waals surface area contributed by atoms with Gasteiger partial charge in [0.1, 0.15) is 5.82 Å². The van der Waals surface area contributed by atoms with Crippen LogP contribution in [-0.4, -0.2) is 11.7 Å². The molecule has 1 amide bonds. The summed E-state index contributed by atoms with van der Waals surface area (Å²) in [7, 11) is 0. The molecule has 4 nitrogen and oxygen atoms in total. The first-order valence-electron chi connectivity index (χ1n) is 10.9. The van der Waals surface area contributed by atoms with Gasteiger partial charge in [-0.3, -0.25) is 9.59 Å². The van der Waals surface area contributed by atoms with Crippen molar-refractivity contribution in [1.82, 2.24) is 5.32 Å². The highest BCUT2D eigenvalue weighted by Crippen LogP contribution is 2.46. The number of hydrogen-bond donors (Lipinski definition) is 2. The number of carbonyl (C=O) groups is 2. The van der Waals surface area contributed by atoms with Gasteiger partial charge in [0.25, 0.3) is 5.91 Å². The molecule has 2 aliphatic rings. The Labute approximate surface area is 195 Å². The fourth-order valence-corrected chi connectivity index (χ4v) is 5.64. The van der Waals surface area contributed by atoms with Crippen molar-refractivity contribution in [3.05, 3.63) is 111 Å². The van der Waals surface area contributed by atoms with Gasteiger partial charge in [-0.15, -0.1) is 11.3 Å². The molecular weight excluding hydrogens is 435 g/mol. The van der Waals surface area contributed by atoms with Crippen LogP contribution in [0.4, 0.5) is 10.1 Å². The van der Waals surface area contributed by atoms with E-state index in [-0.39, 0.29) is 17.6 Å². The maximum Gasteiger partial charge on any atom is 0.254 e. The van der Waals surface area contributed by atoms with Crippen LogP contribution in [0.15, 0.2) is 94.7 Å². The first-order chi connectivity index (χ1) is 16.0. The van der Waals surface area contributed by atoms with Gasteiger partial charge < -0.3 is 10.6 Å². The van der Waals surface area contributed by atoms with E-state index in [0.717, 1.165) is 10.6 Å². The Kier molecular flexibility index (Phi) is 5.68. The van der Waals surface area contributed by atoms with Gasteiger partial charge in [0, 0.05) is 56.9 Å². The van der Waals surface area contributed by atoms with Gasteiger partial charge in [-0.1, -0.05) is 42.5 Å². The average molecular weight is 459 g/mol. The molecule has 0 spiro atoms. The van der Waals surface area contributed by atoms with Crippen LogP contribution in [0, 0.1) is 5.82 Å². The van der Waals surface area contributed by atoms with Crippen LogP contribution in [0.5, 0.6) is 0 Å². The lowest BCUT2D eigenvalue weighted by atomic mass is 9.72. The van der Waals surface area contributed by atoms with Crippen LogP contribution in [0.2, 0.25) is 0 Å². The Bertz CT molecular complexity index is 1280. The number of amides is 1. The number of dihydropyridines is 1. The van der Waals surface area contributed by atoms with Gasteiger partial charge in [-0.05, 0) is 43.0 Å². The molecule has 3 aromatic rings. The molecule has 1 aliphatic carbocycles. The number of Topliss-reactive ketones (excluding diaryl/α,β-unsaturated/α-hetero) is 1. The molecule has 2 heterocycles. The van der Waals surface area contributed by atoms with E-state index in [9.17, 15) is 9.59 Å². The van der Waals surface area contributed by atoms with E-state index in [2.05, 4.69) is 10.6 Å². The van der Waals surface area contributed by atoms with Gasteiger partial charge in [0.2, 0.25) is 0 Å². The number of ketones is 1. The van der Waals surface area contributed by atoms with Crippen molar-refractivity contribution < 1.29 is 14.0 Å². The third-order valence-corrected chi connectivity index (χ3v) is 7.30. The Balaban J connectivity index is 1.59. The second kappa shape index (κ2) is 8.79. The fourth-order valence-electron chi connectivity index (χ4n) is 4.80. The van der Waals surface area contributed by atoms with Crippen molar-refractivity contribution in [1.29, 1.82) is 0 Å². The predicted molar refractivity (Wildman–Crippen MR) is 128 cm³/mol. The average Bonchev–Trinajstić information content (AvgIpc) is 3.34. The second-order valence-electron chi connectivity index (χ2n) is 8.37. The quantitative estimate of drug-likeness (QED) is 0.513. The highest BCUT2D eigenvalue weighted by Gasteiger charge is 2.41. The van der Waals surface area contributed by atoms with Crippen LogP contribution in [-0.2, 0) is 9.59 Å². The minimum absolute atomic E-state index is 0.0482. The van der Waals surface area contributed by atoms with E-state index < -0.39 is 11.7 Å². The summed E-state index contributed by atoms with van der Waals surface area (Å²) in [5.41, 5.74) is 3.26. The molecule has 2 unspecified atom stereocenters. The van der Waals surface area contributed by atoms with Crippen LogP contribution in [0.25, 0.3) is 0 Å². The summed E-state index contributed by atoms with van der Waals surface area (Å²) in [6.07, 6.45) is 0.996. The SMILES string of the molecule is CC1=C(C(=O)Nc2ccccc2)C(c2ccccc2F)C2=C(CC(c3cccs3)CC2=O)N1. The van der Waals surface area contributed by atoms with Crippen molar-refractivity contribution in [2.75, 3.05) is 5.32 Å². The largest absolute Gasteiger partial charge is 0.362 e. The number of anilines is 1. The molecule has 0 saturated carbocycles. The zero-order chi connectivity index (χ0) is 22.9. The standard InChI is InChI=1S/C27H23FN2O2S/c1-16-24(27(32)30-18-8-3-2-4-9-18)25(19-10-5-6-11-20(19)28)26-21(29-16)14-17(15-22(26)31)23-12-7-13-33-23/h2-13,17,25,29H,14-15H2,1H3,(H,30,32). The highest BCUT2D eigenvalue weighted by atomic mass is 32.1. The van der Waals surface area contributed by atoms with Crippen molar-refractivity contribution >= 4 is 28.7 Å². The summed E-state index contributed by atoms with van der Waals surface area (Å²) in [6, 6.07) is 19.6. The summed E-state index contributed by atoms with van der Waals surface area (Å²) < 4.78 is 15.0. The zero-order valence-electron chi connectivity index (χ0n) is 18.1. The molecule has 5 rings (SSSR count). The molecule has 2 N–H and O–H groups in total. The van der Waals surface area contributed by atoms with Crippen LogP contribution >= 0.6 is 11.3 Å². The minimum Gasteiger partial charge on any atom is -0.362 e. The van der Waals surface area contributed by atoms with Crippen LogP contribution in [0.1, 0.15) is 42.0 Å². The normalized spacial score (nSPS) is 20.4. The molecule has 0 saturated heterocycles. The van der Waals surface area contributed by atoms with Crippen LogP contribution in [0.3, 0.4) is 0 Å². The molecule has 0 radical (unpaired) electrons. The number of rotatable bonds is 4. The van der Waals surface area contributed by atoms with Gasteiger partial charge in [0.15, 0.2) is 5.78 Å². The van der Waals surface area contributed by atoms with Crippen molar-refractivity contribution in [3.63, 3.8) is 0 Å². The number of benzene rings is 2. The van der Waals surface area contributed by atoms with E-state index in [0.29, 0.717) is 40.9 Å². The second-order valence-corrected chi connectivity index (χ2v) is 9.35. The maximum absolute atomic E-state index is 15.0. The number of allylic oxidation sites excluding steroid dienone is 3. The lowest BCUT2D eigenvalue weighted by Gasteiger charge is -2.36. The number of para-hydroxylation sites is 1. The summed E-state index contributed by atoms with van der Waals surface area (Å²) in [5, 5.41) is 8.26. The lowest BCUT2D eigenvalue weighted by molar-refractivity contribution is -0.116. The molecule has 2 atom stereocenters. The third kappa shape index (κ3) is 4.02. The predicted octanol–water partition coefficient (Wildman–Crippen LogP) is 5.89. The van der Waals surface area contributed by atoms with Crippen molar-refractivity contribution in [2.45, 2.75) is 31.6 Å². The van der Waals surface area contributed by atoms with E-state index in [1.165, 1.54) is 6.07 Å². The molecule has 1 aromatic heterocycles. The molecule has 166 valence electrons. The topological polar surface area (TPSA) is 58.2 Å². The number of halogens is 1. The number of hydrogen-bond acceptors (Lipinski definition) is 4. The van der Waals surface area contributed by atoms with Crippen LogP contribution < -0.4 is 10.6 Å². The van der Waals surface area contributed by atoms with Crippen molar-refractivity contribution in [2.24, 2.45) is 0 Å². The Hall–Kier alpha value is -3.51. The van der Waals surface area contributed by atoms with Gasteiger partial charge >= 0.3 is 0 Å². The molecule has 6 heteroatoms. The molecule has 0 fully saturated rings. The van der Waals surface area contributed by atoms with Gasteiger partial charge in [-0.2, -0.15) is 0 Å². The summed E-state index contributed by atoms with van der Waals surface area (Å²) in [4.78, 5) is 28.1. The molecule has 2 aromatic carbocycles. The third-order valence-electron chi connectivity index (χ3n) is 6.27. The van der Waals surface area contributed by atoms with E-state index in [4.69, 9.17) is 0 Å². The zero-order valence-corrected chi connectivity index (χ0v) is 18.9. The Morgan fingerprint density at radius 3 is 2.52 bits per heavy atom. The molecular formula is C27H23FN2O2S. The molecule has 0 bridgehead atoms. The van der Waals surface area contributed by atoms with E-state index in [1.807, 2.05) is 42.6 Å². The molecule has 33 heavy (non-hydrogen) atoms. The summed E-state index contributed by atoms with van der Waals surface area (Å²) in [6.45, 7) is 1.82. The smallest absolute Gasteiger partial charge is 0.254 e. The van der Waals surface area contributed by atoms with E-state index >= 15 is 4.39 Å². The summed E-state index contributed by atoms with van der Waals surface area (Å²) >= 11 is 1.64. The highest BCUT2D eigenvalue weighted by molar-refractivity contribution is 7.10. The van der Waals surface area contributed by atoms with Crippen molar-refractivity contribution in [3.8, 4) is 0 Å². The number of carbonyl (C=O) groups excluding carboxylic acids is 2. The Morgan fingerprint density at radius 1 is 1.03 bits per heavy atom. The minimum atomic E-state index is -0.761. The lowest BCUT2D eigenvalue weighted by Crippen LogP contribution is -2.37.